The van der Waals surface area contributed by atoms with Gasteiger partial charge in [-0.25, -0.2) is 0 Å². The van der Waals surface area contributed by atoms with Crippen LogP contribution in [0.1, 0.15) is 0 Å². The van der Waals surface area contributed by atoms with Crippen molar-refractivity contribution in [2.24, 2.45) is 0 Å². The SMILES string of the molecule is O=P([O-])([O-])OP(=O)([O-])[O-].[Mg+2].[Sr+2]. The van der Waals surface area contributed by atoms with Crippen molar-refractivity contribution in [2.45, 2.75) is 0 Å². The van der Waals surface area contributed by atoms with Crippen LogP contribution in [-0.4, -0.2) is 68.5 Å². The van der Waals surface area contributed by atoms with E-state index >= 15 is 0 Å². The maximum atomic E-state index is 9.32. The minimum Gasteiger partial charge on any atom is -0.790 e. The van der Waals surface area contributed by atoms with Crippen molar-refractivity contribution >= 4 is 84.2 Å². The van der Waals surface area contributed by atoms with Gasteiger partial charge in [0.2, 0.25) is 0 Å². The van der Waals surface area contributed by atoms with Crippen molar-refractivity contribution in [3.63, 3.8) is 0 Å². The molecule has 0 saturated carbocycles. The smallest absolute Gasteiger partial charge is 0.790 e. The van der Waals surface area contributed by atoms with Gasteiger partial charge >= 0.3 is 68.5 Å². The van der Waals surface area contributed by atoms with Crippen molar-refractivity contribution in [1.29, 1.82) is 0 Å². The topological polar surface area (TPSA) is 136 Å². The summed E-state index contributed by atoms with van der Waals surface area (Å²) in [5.41, 5.74) is 0. The van der Waals surface area contributed by atoms with Crippen molar-refractivity contribution < 1.29 is 33.0 Å². The van der Waals surface area contributed by atoms with Crippen LogP contribution in [0.4, 0.5) is 0 Å². The summed E-state index contributed by atoms with van der Waals surface area (Å²) in [5.74, 6) is 0. The van der Waals surface area contributed by atoms with E-state index in [1.807, 2.05) is 0 Å². The Bertz CT molecular complexity index is 157. The quantitative estimate of drug-likeness (QED) is 0.371. The first-order valence-corrected chi connectivity index (χ1v) is 4.38. The van der Waals surface area contributed by atoms with Crippen molar-refractivity contribution in [3.05, 3.63) is 0 Å². The third kappa shape index (κ3) is 19.1. The van der Waals surface area contributed by atoms with E-state index in [9.17, 15) is 28.7 Å². The minimum absolute atomic E-state index is 0. The Balaban J connectivity index is -0.000000320. The molecule has 0 radical (unpaired) electrons. The standard InChI is InChI=1S/Mg.H4O7P2.Sr/c;1-8(2,3)7-9(4,5)6;/h;(H2,1,2,3)(H2,4,5,6);/q+2;;+2/p-4. The zero-order valence-electron chi connectivity index (χ0n) is 5.17. The Morgan fingerprint density at radius 2 is 1.09 bits per heavy atom. The van der Waals surface area contributed by atoms with E-state index in [1.165, 1.54) is 0 Å². The second-order valence-corrected chi connectivity index (χ2v) is 3.42. The van der Waals surface area contributed by atoms with Crippen molar-refractivity contribution in [3.8, 4) is 0 Å². The number of hydrogen-bond donors (Lipinski definition) is 0. The zero-order valence-corrected chi connectivity index (χ0v) is 11.8. The Kier molecular flexibility index (Phi) is 12.0. The van der Waals surface area contributed by atoms with Crippen LogP contribution in [0.15, 0.2) is 0 Å². The maximum absolute atomic E-state index is 9.32. The van der Waals surface area contributed by atoms with E-state index in [4.69, 9.17) is 0 Å². The average Bonchev–Trinajstić information content (AvgIpc) is 1.14. The molecule has 7 nitrogen and oxygen atoms in total. The summed E-state index contributed by atoms with van der Waals surface area (Å²) < 4.78 is 21.2. The molecule has 0 aromatic heterocycles. The summed E-state index contributed by atoms with van der Waals surface area (Å²) in [5, 5.41) is 0. The third-order valence-corrected chi connectivity index (χ3v) is 1.80. The van der Waals surface area contributed by atoms with E-state index in [0.29, 0.717) is 0 Å². The monoisotopic (exact) mass is 286 g/mol. The molecule has 0 aliphatic rings. The van der Waals surface area contributed by atoms with Gasteiger partial charge in [-0.3, -0.25) is 0 Å². The predicted molar refractivity (Wildman–Crippen MR) is 27.8 cm³/mol. The van der Waals surface area contributed by atoms with Crippen LogP contribution in [0.25, 0.3) is 0 Å². The molecule has 0 saturated heterocycles. The van der Waals surface area contributed by atoms with Crippen LogP contribution in [0.3, 0.4) is 0 Å². The molecule has 0 aliphatic carbocycles. The largest absolute Gasteiger partial charge is 2.00 e. The van der Waals surface area contributed by atoms with Gasteiger partial charge in [0.1, 0.15) is 0 Å². The van der Waals surface area contributed by atoms with Crippen LogP contribution in [0.2, 0.25) is 0 Å². The molecule has 0 heterocycles. The summed E-state index contributed by atoms with van der Waals surface area (Å²) >= 11 is 0. The molecule has 0 aromatic carbocycles. The Morgan fingerprint density at radius 1 is 0.909 bits per heavy atom. The molecule has 0 aromatic rings. The molecule has 0 amide bonds. The molecular weight excluding hydrogens is 286 g/mol. The first kappa shape index (κ1) is 19.1. The average molecular weight is 286 g/mol. The number of hydrogen-bond acceptors (Lipinski definition) is 7. The van der Waals surface area contributed by atoms with Gasteiger partial charge in [-0.15, -0.1) is 0 Å². The minimum atomic E-state index is -5.68. The summed E-state index contributed by atoms with van der Waals surface area (Å²) in [6.45, 7) is 0. The van der Waals surface area contributed by atoms with Gasteiger partial charge in [-0.05, 0) is 0 Å². The zero-order chi connectivity index (χ0) is 7.71. The van der Waals surface area contributed by atoms with Crippen LogP contribution in [-0.2, 0) is 13.4 Å². The molecule has 0 unspecified atom stereocenters. The molecule has 56 valence electrons. The van der Waals surface area contributed by atoms with Crippen LogP contribution in [0.5, 0.6) is 0 Å². The van der Waals surface area contributed by atoms with Gasteiger partial charge in [0.05, 0.1) is 15.6 Å². The van der Waals surface area contributed by atoms with Gasteiger partial charge < -0.3 is 33.0 Å². The second-order valence-electron chi connectivity index (χ2n) is 0.976. The van der Waals surface area contributed by atoms with Gasteiger partial charge in [-0.1, -0.05) is 0 Å². The van der Waals surface area contributed by atoms with Gasteiger partial charge in [0.15, 0.2) is 0 Å². The summed E-state index contributed by atoms with van der Waals surface area (Å²) in [7, 11) is -11.4. The van der Waals surface area contributed by atoms with Crippen LogP contribution < -0.4 is 19.6 Å². The third-order valence-electron chi connectivity index (χ3n) is 0.200. The molecule has 0 rings (SSSR count). The van der Waals surface area contributed by atoms with Crippen molar-refractivity contribution in [2.75, 3.05) is 0 Å². The van der Waals surface area contributed by atoms with Gasteiger partial charge in [-0.2, -0.15) is 0 Å². The second kappa shape index (κ2) is 6.89. The molecule has 0 bridgehead atoms. The fourth-order valence-electron chi connectivity index (χ4n) is 0.122. The Morgan fingerprint density at radius 3 is 1.09 bits per heavy atom. The number of rotatable bonds is 2. The fraction of sp³-hybridized carbons (Fsp3) is 0. The molecular formula is MgO7P2Sr. The first-order valence-electron chi connectivity index (χ1n) is 1.46. The molecule has 11 heavy (non-hydrogen) atoms. The Hall–Kier alpha value is 2.51. The van der Waals surface area contributed by atoms with Gasteiger partial charge in [0, 0.05) is 0 Å². The van der Waals surface area contributed by atoms with E-state index in [2.05, 4.69) is 4.31 Å². The van der Waals surface area contributed by atoms with Gasteiger partial charge in [0.25, 0.3) is 0 Å². The summed E-state index contributed by atoms with van der Waals surface area (Å²) in [6, 6.07) is 0. The molecule has 0 atom stereocenters. The predicted octanol–water partition coefficient (Wildman–Crippen LogP) is -4.10. The van der Waals surface area contributed by atoms with E-state index < -0.39 is 15.6 Å². The Labute approximate surface area is 115 Å². The first-order chi connectivity index (χ1) is 3.71. The molecule has 0 N–H and O–H groups in total. The molecule has 0 spiro atoms. The van der Waals surface area contributed by atoms with E-state index in [1.54, 1.807) is 0 Å². The molecule has 11 heteroatoms. The molecule has 0 fully saturated rings. The van der Waals surface area contributed by atoms with E-state index in [0.717, 1.165) is 0 Å². The summed E-state index contributed by atoms with van der Waals surface area (Å²) in [4.78, 5) is 37.3. The van der Waals surface area contributed by atoms with Crippen molar-refractivity contribution in [1.82, 2.24) is 0 Å². The van der Waals surface area contributed by atoms with E-state index in [-0.39, 0.29) is 68.5 Å². The fourth-order valence-corrected chi connectivity index (χ4v) is 1.10. The van der Waals surface area contributed by atoms with Crippen LogP contribution in [0, 0.1) is 0 Å². The number of phosphoric acid groups is 2. The van der Waals surface area contributed by atoms with Crippen LogP contribution >= 0.6 is 15.6 Å². The maximum Gasteiger partial charge on any atom is 2.00 e. The summed E-state index contributed by atoms with van der Waals surface area (Å²) in [6.07, 6.45) is 0. The normalized spacial score (nSPS) is 11.3. The molecule has 0 aliphatic heterocycles.